The molecule has 8 heteroatoms. The number of fused-ring (bicyclic) bond motifs is 6. The van der Waals surface area contributed by atoms with Gasteiger partial charge in [0, 0.05) is 17.9 Å². The van der Waals surface area contributed by atoms with Gasteiger partial charge in [0.05, 0.1) is 25.6 Å². The minimum absolute atomic E-state index is 0.126. The van der Waals surface area contributed by atoms with Gasteiger partial charge in [-0.2, -0.15) is 0 Å². The summed E-state index contributed by atoms with van der Waals surface area (Å²) in [5.74, 6) is 1.43. The Morgan fingerprint density at radius 3 is 1.91 bits per heavy atom. The molecule has 0 spiro atoms. The summed E-state index contributed by atoms with van der Waals surface area (Å²) < 4.78 is 39.8. The van der Waals surface area contributed by atoms with Gasteiger partial charge in [-0.05, 0) is 73.9 Å². The molecule has 2 aromatic carbocycles. The van der Waals surface area contributed by atoms with E-state index in [-0.39, 0.29) is 23.5 Å². The molecule has 4 unspecified atom stereocenters. The summed E-state index contributed by atoms with van der Waals surface area (Å²) >= 11 is 0. The first-order valence-electron chi connectivity index (χ1n) is 11.7. The van der Waals surface area contributed by atoms with Crippen molar-refractivity contribution in [1.82, 2.24) is 0 Å². The third-order valence-corrected chi connectivity index (χ3v) is 7.73. The maximum Gasteiger partial charge on any atom is 0.174 e. The molecular weight excluding hydrogens is 438 g/mol. The SMILES string of the molecule is COc1ccc2c(c1)C1CCCC1(F)C(N)=N2.COc1ccc2c(c1)N=C(N)C1(F)CCCC21. The van der Waals surface area contributed by atoms with E-state index in [1.165, 1.54) is 0 Å². The number of ether oxygens (including phenoxy) is 2. The predicted octanol–water partition coefficient (Wildman–Crippen LogP) is 5.35. The van der Waals surface area contributed by atoms with Crippen LogP contribution in [0, 0.1) is 0 Å². The van der Waals surface area contributed by atoms with Gasteiger partial charge in [-0.15, -0.1) is 0 Å². The number of nitrogens with two attached hydrogens (primary N) is 2. The Bertz CT molecular complexity index is 1180. The number of aliphatic imine (C=N–C) groups is 2. The molecule has 0 saturated heterocycles. The second kappa shape index (κ2) is 8.25. The second-order valence-electron chi connectivity index (χ2n) is 9.46. The minimum Gasteiger partial charge on any atom is -0.497 e. The maximum atomic E-state index is 14.8. The zero-order valence-electron chi connectivity index (χ0n) is 19.5. The maximum absolute atomic E-state index is 14.8. The van der Waals surface area contributed by atoms with Crippen LogP contribution in [0.25, 0.3) is 0 Å². The molecule has 0 aromatic heterocycles. The average Bonchev–Trinajstić information content (AvgIpc) is 3.44. The molecule has 180 valence electrons. The van der Waals surface area contributed by atoms with Gasteiger partial charge >= 0.3 is 0 Å². The Morgan fingerprint density at radius 2 is 1.29 bits per heavy atom. The van der Waals surface area contributed by atoms with E-state index < -0.39 is 11.3 Å². The van der Waals surface area contributed by atoms with Gasteiger partial charge in [0.25, 0.3) is 0 Å². The van der Waals surface area contributed by atoms with E-state index in [9.17, 15) is 8.78 Å². The van der Waals surface area contributed by atoms with E-state index in [2.05, 4.69) is 9.98 Å². The fraction of sp³-hybridized carbons (Fsp3) is 0.462. The first kappa shape index (κ1) is 22.6. The summed E-state index contributed by atoms with van der Waals surface area (Å²) in [6, 6.07) is 11.1. The van der Waals surface area contributed by atoms with Crippen molar-refractivity contribution in [3.63, 3.8) is 0 Å². The standard InChI is InChI=1S/2C13H15FN2O/c1-17-8-4-5-11-9(7-8)10-3-2-6-13(10,14)12(15)16-11;1-17-8-4-5-9-10-3-2-6-13(10,14)12(15)16-11(9)7-8/h2*4-5,7,10H,2-3,6H2,1H3,(H2,15,16). The lowest BCUT2D eigenvalue weighted by molar-refractivity contribution is 0.232. The number of nitrogens with zero attached hydrogens (tertiary/aromatic N) is 2. The van der Waals surface area contributed by atoms with Gasteiger partial charge in [-0.3, -0.25) is 0 Å². The van der Waals surface area contributed by atoms with E-state index in [1.54, 1.807) is 14.2 Å². The van der Waals surface area contributed by atoms with Gasteiger partial charge in [0.1, 0.15) is 23.2 Å². The number of hydrogen-bond acceptors (Lipinski definition) is 6. The summed E-state index contributed by atoms with van der Waals surface area (Å²) in [4.78, 5) is 8.41. The van der Waals surface area contributed by atoms with Crippen molar-refractivity contribution >= 4 is 23.0 Å². The topological polar surface area (TPSA) is 95.2 Å². The molecule has 2 aliphatic carbocycles. The lowest BCUT2D eigenvalue weighted by Gasteiger charge is -2.32. The van der Waals surface area contributed by atoms with Crippen LogP contribution in [-0.2, 0) is 0 Å². The Labute approximate surface area is 198 Å². The molecule has 2 saturated carbocycles. The van der Waals surface area contributed by atoms with Crippen molar-refractivity contribution in [3.8, 4) is 11.5 Å². The predicted molar refractivity (Wildman–Crippen MR) is 129 cm³/mol. The third kappa shape index (κ3) is 3.42. The van der Waals surface area contributed by atoms with Gasteiger partial charge in [0.2, 0.25) is 0 Å². The number of hydrogen-bond donors (Lipinski definition) is 2. The monoisotopic (exact) mass is 468 g/mol. The number of amidine groups is 2. The van der Waals surface area contributed by atoms with Crippen molar-refractivity contribution < 1.29 is 18.3 Å². The Hall–Kier alpha value is -3.16. The normalized spacial score (nSPS) is 30.5. The molecule has 2 heterocycles. The fourth-order valence-corrected chi connectivity index (χ4v) is 5.88. The van der Waals surface area contributed by atoms with Crippen LogP contribution in [-0.4, -0.2) is 37.2 Å². The summed E-state index contributed by atoms with van der Waals surface area (Å²) in [6.07, 6.45) is 4.35. The summed E-state index contributed by atoms with van der Waals surface area (Å²) in [6.45, 7) is 0. The van der Waals surface area contributed by atoms with Gasteiger partial charge in [-0.25, -0.2) is 18.8 Å². The van der Waals surface area contributed by atoms with Crippen LogP contribution in [0.2, 0.25) is 0 Å². The molecule has 6 rings (SSSR count). The molecular formula is C26H30F2N4O2. The molecule has 4 N–H and O–H groups in total. The number of rotatable bonds is 2. The molecule has 6 nitrogen and oxygen atoms in total. The first-order valence-corrected chi connectivity index (χ1v) is 11.7. The van der Waals surface area contributed by atoms with Crippen LogP contribution in [0.5, 0.6) is 11.5 Å². The molecule has 4 atom stereocenters. The highest BCUT2D eigenvalue weighted by Gasteiger charge is 2.51. The van der Waals surface area contributed by atoms with Gasteiger partial charge in [-0.1, -0.05) is 6.07 Å². The highest BCUT2D eigenvalue weighted by Crippen LogP contribution is 2.53. The molecule has 2 aliphatic heterocycles. The van der Waals surface area contributed by atoms with Crippen LogP contribution in [0.1, 0.15) is 61.5 Å². The molecule has 4 aliphatic rings. The fourth-order valence-electron chi connectivity index (χ4n) is 5.88. The van der Waals surface area contributed by atoms with Crippen molar-refractivity contribution in [2.75, 3.05) is 14.2 Å². The summed E-state index contributed by atoms with van der Waals surface area (Å²) in [5, 5.41) is 0. The molecule has 2 aromatic rings. The van der Waals surface area contributed by atoms with Gasteiger partial charge in [0.15, 0.2) is 11.3 Å². The van der Waals surface area contributed by atoms with Crippen LogP contribution in [0.15, 0.2) is 46.4 Å². The van der Waals surface area contributed by atoms with E-state index >= 15 is 0 Å². The number of halogens is 2. The lowest BCUT2D eigenvalue weighted by Crippen LogP contribution is -2.43. The van der Waals surface area contributed by atoms with E-state index in [0.29, 0.717) is 12.8 Å². The van der Waals surface area contributed by atoms with Crippen LogP contribution in [0.4, 0.5) is 20.2 Å². The first-order chi connectivity index (χ1) is 16.3. The average molecular weight is 469 g/mol. The van der Waals surface area contributed by atoms with Crippen LogP contribution >= 0.6 is 0 Å². The minimum atomic E-state index is -1.45. The summed E-state index contributed by atoms with van der Waals surface area (Å²) in [5.41, 5.74) is 12.1. The Kier molecular flexibility index (Phi) is 5.49. The molecule has 34 heavy (non-hydrogen) atoms. The second-order valence-corrected chi connectivity index (χ2v) is 9.46. The zero-order valence-corrected chi connectivity index (χ0v) is 19.5. The van der Waals surface area contributed by atoms with Gasteiger partial charge < -0.3 is 20.9 Å². The lowest BCUT2D eigenvalue weighted by atomic mass is 9.82. The summed E-state index contributed by atoms with van der Waals surface area (Å²) in [7, 11) is 3.21. The number of methoxy groups -OCH3 is 2. The zero-order chi connectivity index (χ0) is 24.1. The molecule has 0 amide bonds. The van der Waals surface area contributed by atoms with Crippen molar-refractivity contribution in [1.29, 1.82) is 0 Å². The Morgan fingerprint density at radius 1 is 0.765 bits per heavy atom. The molecule has 0 radical (unpaired) electrons. The van der Waals surface area contributed by atoms with E-state index in [0.717, 1.165) is 59.7 Å². The molecule has 2 fully saturated rings. The quantitative estimate of drug-likeness (QED) is 0.621. The highest BCUT2D eigenvalue weighted by atomic mass is 19.1. The van der Waals surface area contributed by atoms with Crippen LogP contribution in [0.3, 0.4) is 0 Å². The largest absolute Gasteiger partial charge is 0.497 e. The highest BCUT2D eigenvalue weighted by molar-refractivity contribution is 5.96. The Balaban J connectivity index is 0.000000142. The van der Waals surface area contributed by atoms with Crippen LogP contribution < -0.4 is 20.9 Å². The third-order valence-electron chi connectivity index (χ3n) is 7.73. The number of alkyl halides is 2. The van der Waals surface area contributed by atoms with E-state index in [4.69, 9.17) is 20.9 Å². The van der Waals surface area contributed by atoms with Crippen molar-refractivity contribution in [3.05, 3.63) is 47.5 Å². The number of benzene rings is 2. The smallest absolute Gasteiger partial charge is 0.174 e. The molecule has 0 bridgehead atoms. The van der Waals surface area contributed by atoms with Crippen molar-refractivity contribution in [2.45, 2.75) is 61.7 Å². The van der Waals surface area contributed by atoms with Crippen molar-refractivity contribution in [2.24, 2.45) is 21.5 Å². The van der Waals surface area contributed by atoms with E-state index in [1.807, 2.05) is 36.4 Å².